The molecular formula is C29H37N9O. The van der Waals surface area contributed by atoms with Crippen molar-refractivity contribution in [3.05, 3.63) is 47.4 Å². The van der Waals surface area contributed by atoms with Crippen LogP contribution in [0.15, 0.2) is 30.6 Å². The van der Waals surface area contributed by atoms with Crippen LogP contribution in [0.2, 0.25) is 0 Å². The number of piperazine rings is 1. The Balaban J connectivity index is 1.28. The van der Waals surface area contributed by atoms with E-state index in [1.54, 1.807) is 6.20 Å². The van der Waals surface area contributed by atoms with Crippen LogP contribution in [-0.4, -0.2) is 81.0 Å². The third-order valence-corrected chi connectivity index (χ3v) is 8.48. The summed E-state index contributed by atoms with van der Waals surface area (Å²) in [5.41, 5.74) is 5.51. The van der Waals surface area contributed by atoms with Gasteiger partial charge in [-0.15, -0.1) is 0 Å². The van der Waals surface area contributed by atoms with Crippen LogP contribution in [0.1, 0.15) is 43.0 Å². The zero-order valence-corrected chi connectivity index (χ0v) is 22.8. The van der Waals surface area contributed by atoms with Crippen LogP contribution < -0.4 is 10.6 Å². The van der Waals surface area contributed by atoms with Crippen LogP contribution in [0.25, 0.3) is 11.3 Å². The molecule has 1 saturated carbocycles. The first-order chi connectivity index (χ1) is 19.0. The van der Waals surface area contributed by atoms with Gasteiger partial charge in [0.1, 0.15) is 6.07 Å². The molecule has 39 heavy (non-hydrogen) atoms. The van der Waals surface area contributed by atoms with Gasteiger partial charge in [-0.3, -0.25) is 9.58 Å². The predicted molar refractivity (Wildman–Crippen MR) is 151 cm³/mol. The summed E-state index contributed by atoms with van der Waals surface area (Å²) in [5.74, 6) is 1.34. The van der Waals surface area contributed by atoms with Crippen LogP contribution in [0, 0.1) is 17.2 Å². The van der Waals surface area contributed by atoms with Crippen molar-refractivity contribution in [1.29, 1.82) is 5.26 Å². The first-order valence-electron chi connectivity index (χ1n) is 13.9. The smallest absolute Gasteiger partial charge is 0.227 e. The zero-order chi connectivity index (χ0) is 27.0. The highest BCUT2D eigenvalue weighted by atomic mass is 16.3. The molecule has 0 amide bonds. The molecule has 204 valence electrons. The fraction of sp³-hybridized carbons (Fsp3) is 0.517. The molecule has 1 unspecified atom stereocenters. The second-order valence-electron chi connectivity index (χ2n) is 11.6. The van der Waals surface area contributed by atoms with E-state index in [-0.39, 0.29) is 6.61 Å². The Morgan fingerprint density at radius 3 is 2.79 bits per heavy atom. The van der Waals surface area contributed by atoms with Gasteiger partial charge >= 0.3 is 0 Å². The molecule has 3 N–H and O–H groups in total. The predicted octanol–water partition coefficient (Wildman–Crippen LogP) is 3.18. The minimum atomic E-state index is -0.446. The van der Waals surface area contributed by atoms with Gasteiger partial charge in [0.05, 0.1) is 41.1 Å². The highest BCUT2D eigenvalue weighted by Gasteiger charge is 2.36. The molecule has 0 radical (unpaired) electrons. The normalized spacial score (nSPS) is 21.4. The Morgan fingerprint density at radius 1 is 1.23 bits per heavy atom. The number of anilines is 3. The highest BCUT2D eigenvalue weighted by Crippen LogP contribution is 2.41. The van der Waals surface area contributed by atoms with Crippen molar-refractivity contribution in [2.24, 2.45) is 5.92 Å². The van der Waals surface area contributed by atoms with Crippen LogP contribution >= 0.6 is 0 Å². The molecule has 2 aliphatic heterocycles. The van der Waals surface area contributed by atoms with Crippen molar-refractivity contribution < 1.29 is 5.11 Å². The summed E-state index contributed by atoms with van der Waals surface area (Å²) in [6.07, 6.45) is 7.49. The van der Waals surface area contributed by atoms with Crippen LogP contribution in [-0.2, 0) is 18.5 Å². The maximum Gasteiger partial charge on any atom is 0.227 e. The van der Waals surface area contributed by atoms with Gasteiger partial charge in [0.15, 0.2) is 0 Å². The van der Waals surface area contributed by atoms with E-state index in [4.69, 9.17) is 10.1 Å². The zero-order valence-electron chi connectivity index (χ0n) is 22.8. The lowest BCUT2D eigenvalue weighted by Gasteiger charge is -2.32. The molecule has 3 aromatic rings. The number of nitrogens with zero attached hydrogens (tertiary/aromatic N) is 7. The first kappa shape index (κ1) is 25.7. The average molecular weight is 528 g/mol. The number of nitriles is 1. The fourth-order valence-electron chi connectivity index (χ4n) is 5.57. The number of likely N-dealkylation sites (N-methyl/N-ethyl adjacent to an activating group) is 1. The Morgan fingerprint density at radius 2 is 2.05 bits per heavy atom. The lowest BCUT2D eigenvalue weighted by Crippen LogP contribution is -2.44. The van der Waals surface area contributed by atoms with Crippen molar-refractivity contribution in [1.82, 2.24) is 29.5 Å². The maximum absolute atomic E-state index is 10.1. The molecule has 0 bridgehead atoms. The molecule has 3 aliphatic rings. The van der Waals surface area contributed by atoms with Gasteiger partial charge in [0, 0.05) is 63.0 Å². The summed E-state index contributed by atoms with van der Waals surface area (Å²) in [6, 6.07) is 8.06. The monoisotopic (exact) mass is 527 g/mol. The third-order valence-electron chi connectivity index (χ3n) is 8.48. The molecule has 2 fully saturated rings. The van der Waals surface area contributed by atoms with E-state index < -0.39 is 5.41 Å². The average Bonchev–Trinajstić information content (AvgIpc) is 3.64. The van der Waals surface area contributed by atoms with E-state index in [1.807, 2.05) is 31.3 Å². The molecule has 0 spiro atoms. The number of aliphatic hydroxyl groups excluding tert-OH is 1. The summed E-state index contributed by atoms with van der Waals surface area (Å²) in [6.45, 7) is 8.58. The largest absolute Gasteiger partial charge is 0.395 e. The van der Waals surface area contributed by atoms with E-state index in [2.05, 4.69) is 43.2 Å². The number of aryl methyl sites for hydroxylation is 1. The lowest BCUT2D eigenvalue weighted by molar-refractivity contribution is 0.145. The van der Waals surface area contributed by atoms with Gasteiger partial charge in [-0.25, -0.2) is 9.97 Å². The summed E-state index contributed by atoms with van der Waals surface area (Å²) in [7, 11) is 2.18. The fourth-order valence-corrected chi connectivity index (χ4v) is 5.57. The molecule has 1 atom stereocenters. The molecule has 10 nitrogen and oxygen atoms in total. The van der Waals surface area contributed by atoms with Gasteiger partial charge in [-0.2, -0.15) is 10.4 Å². The maximum atomic E-state index is 10.1. The second kappa shape index (κ2) is 10.6. The van der Waals surface area contributed by atoms with Gasteiger partial charge in [-0.1, -0.05) is 19.8 Å². The summed E-state index contributed by atoms with van der Waals surface area (Å²) >= 11 is 0. The van der Waals surface area contributed by atoms with Crippen molar-refractivity contribution >= 4 is 17.3 Å². The van der Waals surface area contributed by atoms with Gasteiger partial charge in [0.2, 0.25) is 5.95 Å². The van der Waals surface area contributed by atoms with Crippen molar-refractivity contribution in [2.75, 3.05) is 57.0 Å². The molecule has 10 heteroatoms. The molecule has 6 rings (SSSR count). The Labute approximate surface area is 229 Å². The minimum absolute atomic E-state index is 0.00127. The minimum Gasteiger partial charge on any atom is -0.395 e. The van der Waals surface area contributed by atoms with E-state index in [0.29, 0.717) is 18.1 Å². The van der Waals surface area contributed by atoms with Crippen molar-refractivity contribution in [3.8, 4) is 17.3 Å². The number of aliphatic hydroxyl groups is 1. The van der Waals surface area contributed by atoms with Crippen molar-refractivity contribution in [3.63, 3.8) is 0 Å². The first-order valence-corrected chi connectivity index (χ1v) is 13.9. The highest BCUT2D eigenvalue weighted by molar-refractivity contribution is 5.76. The number of hydrogen-bond donors (Lipinski definition) is 3. The number of hydrogen-bond acceptors (Lipinski definition) is 9. The summed E-state index contributed by atoms with van der Waals surface area (Å²) < 4.78 is 2.16. The number of nitrogens with one attached hydrogen (secondary N) is 2. The van der Waals surface area contributed by atoms with Gasteiger partial charge < -0.3 is 20.6 Å². The van der Waals surface area contributed by atoms with E-state index in [1.165, 1.54) is 25.0 Å². The topological polar surface area (TPSA) is 118 Å². The van der Waals surface area contributed by atoms with E-state index in [9.17, 15) is 10.4 Å². The Kier molecular flexibility index (Phi) is 6.97. The molecule has 1 aromatic carbocycles. The van der Waals surface area contributed by atoms with Crippen LogP contribution in [0.5, 0.6) is 0 Å². The third kappa shape index (κ3) is 5.35. The molecule has 1 saturated heterocycles. The number of fused-ring (bicyclic) bond motifs is 1. The SMILES string of the molecule is CN1CCN(Cc2c(Nc3nccc(-c4cc(C#N)c5c(c4)C(C)(CO)CN5)n3)cnn2CCC2CC2)CC1. The molecule has 4 heterocycles. The number of benzene rings is 1. The molecular weight excluding hydrogens is 490 g/mol. The number of aromatic nitrogens is 4. The van der Waals surface area contributed by atoms with Crippen LogP contribution in [0.3, 0.4) is 0 Å². The van der Waals surface area contributed by atoms with Gasteiger partial charge in [0.25, 0.3) is 0 Å². The van der Waals surface area contributed by atoms with E-state index in [0.717, 1.165) is 73.4 Å². The second-order valence-corrected chi connectivity index (χ2v) is 11.6. The Bertz CT molecular complexity index is 1380. The standard InChI is InChI=1S/C29H37N9O/c1-29(19-39)18-32-27-22(15-30)13-21(14-23(27)29)24-5-7-31-28(34-24)35-25-16-33-38(8-6-20-3-4-20)26(25)17-37-11-9-36(2)10-12-37/h5,7,13-14,16,20,32,39H,3-4,6,8-12,17-19H2,1-2H3,(H,31,34,35). The molecule has 2 aromatic heterocycles. The number of rotatable bonds is 9. The van der Waals surface area contributed by atoms with E-state index >= 15 is 0 Å². The quantitative estimate of drug-likeness (QED) is 0.386. The lowest BCUT2D eigenvalue weighted by atomic mass is 9.83. The molecule has 1 aliphatic carbocycles. The van der Waals surface area contributed by atoms with Crippen molar-refractivity contribution in [2.45, 2.75) is 44.7 Å². The summed E-state index contributed by atoms with van der Waals surface area (Å²) in [4.78, 5) is 14.2. The Hall–Kier alpha value is -3.52. The van der Waals surface area contributed by atoms with Gasteiger partial charge in [-0.05, 0) is 43.1 Å². The summed E-state index contributed by atoms with van der Waals surface area (Å²) in [5, 5.41) is 31.4. The van der Waals surface area contributed by atoms with Crippen LogP contribution in [0.4, 0.5) is 17.3 Å².